The first-order chi connectivity index (χ1) is 6.09. The minimum absolute atomic E-state index is 0.111. The van der Waals surface area contributed by atoms with Crippen LogP contribution in [-0.4, -0.2) is 24.5 Å². The molecule has 74 valence electrons. The van der Waals surface area contributed by atoms with Crippen molar-refractivity contribution in [3.63, 3.8) is 0 Å². The van der Waals surface area contributed by atoms with Crippen LogP contribution < -0.4 is 10.8 Å². The summed E-state index contributed by atoms with van der Waals surface area (Å²) < 4.78 is 0. The van der Waals surface area contributed by atoms with Gasteiger partial charge in [0.25, 0.3) is 5.91 Å². The van der Waals surface area contributed by atoms with Crippen molar-refractivity contribution in [1.82, 2.24) is 10.8 Å². The van der Waals surface area contributed by atoms with Crippen LogP contribution in [0.1, 0.15) is 20.3 Å². The van der Waals surface area contributed by atoms with E-state index < -0.39 is 6.04 Å². The van der Waals surface area contributed by atoms with Crippen molar-refractivity contribution < 1.29 is 14.4 Å². The number of rotatable bonds is 3. The molecule has 0 spiro atoms. The Morgan fingerprint density at radius 2 is 2.46 bits per heavy atom. The molecule has 5 nitrogen and oxygen atoms in total. The molecular formula is C8H14N2O3. The third-order valence-corrected chi connectivity index (χ3v) is 1.67. The van der Waals surface area contributed by atoms with Crippen molar-refractivity contribution in [1.29, 1.82) is 0 Å². The molecular weight excluding hydrogens is 172 g/mol. The van der Waals surface area contributed by atoms with Gasteiger partial charge in [0, 0.05) is 6.42 Å². The van der Waals surface area contributed by atoms with E-state index in [1.54, 1.807) is 0 Å². The second-order valence-corrected chi connectivity index (χ2v) is 3.50. The zero-order chi connectivity index (χ0) is 9.84. The van der Waals surface area contributed by atoms with E-state index in [1.807, 2.05) is 13.8 Å². The monoisotopic (exact) mass is 186 g/mol. The first-order valence-electron chi connectivity index (χ1n) is 4.30. The maximum absolute atomic E-state index is 11.2. The van der Waals surface area contributed by atoms with Gasteiger partial charge in [-0.15, -0.1) is 0 Å². The van der Waals surface area contributed by atoms with E-state index in [2.05, 4.69) is 15.6 Å². The number of hydrogen-bond donors (Lipinski definition) is 2. The molecule has 2 amide bonds. The smallest absolute Gasteiger partial charge is 0.268 e. The van der Waals surface area contributed by atoms with Gasteiger partial charge >= 0.3 is 0 Å². The topological polar surface area (TPSA) is 67.4 Å². The normalized spacial score (nSPS) is 21.8. The fourth-order valence-corrected chi connectivity index (χ4v) is 1.07. The van der Waals surface area contributed by atoms with Crippen LogP contribution in [0.2, 0.25) is 0 Å². The van der Waals surface area contributed by atoms with Crippen LogP contribution in [-0.2, 0) is 14.4 Å². The van der Waals surface area contributed by atoms with E-state index >= 15 is 0 Å². The molecule has 1 heterocycles. The Bertz CT molecular complexity index is 215. The predicted octanol–water partition coefficient (Wildman–Crippen LogP) is -0.421. The van der Waals surface area contributed by atoms with Crippen LogP contribution in [0.4, 0.5) is 0 Å². The van der Waals surface area contributed by atoms with Crippen molar-refractivity contribution in [2.24, 2.45) is 5.92 Å². The van der Waals surface area contributed by atoms with Gasteiger partial charge in [-0.1, -0.05) is 13.8 Å². The highest BCUT2D eigenvalue weighted by molar-refractivity contribution is 5.88. The summed E-state index contributed by atoms with van der Waals surface area (Å²) in [4.78, 5) is 26.8. The molecule has 0 aliphatic carbocycles. The highest BCUT2D eigenvalue weighted by Crippen LogP contribution is 2.00. The fourth-order valence-electron chi connectivity index (χ4n) is 1.07. The molecule has 0 aromatic carbocycles. The third-order valence-electron chi connectivity index (χ3n) is 1.67. The highest BCUT2D eigenvalue weighted by atomic mass is 16.7. The minimum atomic E-state index is -0.522. The Morgan fingerprint density at radius 1 is 1.77 bits per heavy atom. The van der Waals surface area contributed by atoms with Crippen molar-refractivity contribution in [2.45, 2.75) is 26.3 Å². The first kappa shape index (κ1) is 9.98. The Labute approximate surface area is 76.8 Å². The van der Waals surface area contributed by atoms with Crippen LogP contribution >= 0.6 is 0 Å². The maximum atomic E-state index is 11.2. The largest absolute Gasteiger partial charge is 0.342 e. The summed E-state index contributed by atoms with van der Waals surface area (Å²) in [6.07, 6.45) is 0.434. The average molecular weight is 186 g/mol. The Hall–Kier alpha value is -1.10. The standard InChI is InChI=1S/C8H14N2O3/c1-5(2)3-7(11)9-6-4-13-10-8(6)12/h5-6H,3-4H2,1-2H3,(H,9,11)(H,10,12). The van der Waals surface area contributed by atoms with Crippen LogP contribution in [0.25, 0.3) is 0 Å². The molecule has 1 fully saturated rings. The zero-order valence-electron chi connectivity index (χ0n) is 7.79. The summed E-state index contributed by atoms with van der Waals surface area (Å²) in [7, 11) is 0. The molecule has 1 atom stereocenters. The fraction of sp³-hybridized carbons (Fsp3) is 0.750. The molecule has 13 heavy (non-hydrogen) atoms. The lowest BCUT2D eigenvalue weighted by Crippen LogP contribution is -2.41. The van der Waals surface area contributed by atoms with Gasteiger partial charge < -0.3 is 5.32 Å². The second kappa shape index (κ2) is 4.23. The molecule has 1 saturated heterocycles. The maximum Gasteiger partial charge on any atom is 0.268 e. The first-order valence-corrected chi connectivity index (χ1v) is 4.30. The quantitative estimate of drug-likeness (QED) is 0.629. The summed E-state index contributed by atoms with van der Waals surface area (Å²) in [6.45, 7) is 4.11. The van der Waals surface area contributed by atoms with Crippen LogP contribution in [0, 0.1) is 5.92 Å². The minimum Gasteiger partial charge on any atom is -0.342 e. The van der Waals surface area contributed by atoms with Gasteiger partial charge in [0.15, 0.2) is 0 Å². The van der Waals surface area contributed by atoms with Crippen LogP contribution in [0.15, 0.2) is 0 Å². The average Bonchev–Trinajstić information content (AvgIpc) is 2.34. The Kier molecular flexibility index (Phi) is 3.25. The Balaban J connectivity index is 2.31. The van der Waals surface area contributed by atoms with Gasteiger partial charge in [0.1, 0.15) is 12.6 Å². The number of hydroxylamine groups is 1. The number of amides is 2. The number of hydrogen-bond acceptors (Lipinski definition) is 3. The summed E-state index contributed by atoms with van der Waals surface area (Å²) in [5, 5.41) is 2.58. The van der Waals surface area contributed by atoms with Crippen molar-refractivity contribution in [2.75, 3.05) is 6.61 Å². The molecule has 0 bridgehead atoms. The van der Waals surface area contributed by atoms with Crippen LogP contribution in [0.5, 0.6) is 0 Å². The second-order valence-electron chi connectivity index (χ2n) is 3.50. The number of nitrogens with one attached hydrogen (secondary N) is 2. The van der Waals surface area contributed by atoms with Gasteiger partial charge in [0.05, 0.1) is 0 Å². The van der Waals surface area contributed by atoms with E-state index in [4.69, 9.17) is 0 Å². The summed E-state index contributed by atoms with van der Waals surface area (Å²) in [5.74, 6) is -0.0943. The molecule has 1 unspecified atom stereocenters. The van der Waals surface area contributed by atoms with Gasteiger partial charge in [0.2, 0.25) is 5.91 Å². The molecule has 0 aromatic heterocycles. The number of carbonyl (C=O) groups is 2. The van der Waals surface area contributed by atoms with Crippen molar-refractivity contribution in [3.8, 4) is 0 Å². The molecule has 0 radical (unpaired) electrons. The highest BCUT2D eigenvalue weighted by Gasteiger charge is 2.26. The van der Waals surface area contributed by atoms with Crippen LogP contribution in [0.3, 0.4) is 0 Å². The summed E-state index contributed by atoms with van der Waals surface area (Å²) in [5.41, 5.74) is 2.17. The van der Waals surface area contributed by atoms with Gasteiger partial charge in [-0.2, -0.15) is 0 Å². The lowest BCUT2D eigenvalue weighted by atomic mass is 10.1. The molecule has 2 N–H and O–H groups in total. The molecule has 0 saturated carbocycles. The molecule has 1 aliphatic heterocycles. The Morgan fingerprint density at radius 3 is 2.92 bits per heavy atom. The van der Waals surface area contributed by atoms with Gasteiger partial charge in [-0.25, -0.2) is 5.48 Å². The lowest BCUT2D eigenvalue weighted by molar-refractivity contribution is -0.129. The lowest BCUT2D eigenvalue weighted by Gasteiger charge is -2.09. The molecule has 1 aliphatic rings. The molecule has 1 rings (SSSR count). The van der Waals surface area contributed by atoms with E-state index in [0.29, 0.717) is 12.3 Å². The summed E-state index contributed by atoms with van der Waals surface area (Å²) >= 11 is 0. The van der Waals surface area contributed by atoms with Gasteiger partial charge in [-0.3, -0.25) is 14.4 Å². The van der Waals surface area contributed by atoms with E-state index in [-0.39, 0.29) is 18.4 Å². The zero-order valence-corrected chi connectivity index (χ0v) is 7.79. The molecule has 0 aromatic rings. The van der Waals surface area contributed by atoms with Crippen molar-refractivity contribution >= 4 is 11.8 Å². The number of carbonyl (C=O) groups excluding carboxylic acids is 2. The SMILES string of the molecule is CC(C)CC(=O)NC1CONC1=O. The van der Waals surface area contributed by atoms with E-state index in [1.165, 1.54) is 0 Å². The summed E-state index contributed by atoms with van der Waals surface area (Å²) in [6, 6.07) is -0.522. The van der Waals surface area contributed by atoms with Gasteiger partial charge in [-0.05, 0) is 5.92 Å². The third kappa shape index (κ3) is 3.02. The van der Waals surface area contributed by atoms with E-state index in [9.17, 15) is 9.59 Å². The molecule has 5 heteroatoms. The van der Waals surface area contributed by atoms with E-state index in [0.717, 1.165) is 0 Å². The predicted molar refractivity (Wildman–Crippen MR) is 45.5 cm³/mol. The van der Waals surface area contributed by atoms with Crippen molar-refractivity contribution in [3.05, 3.63) is 0 Å².